The van der Waals surface area contributed by atoms with E-state index in [-0.39, 0.29) is 5.56 Å². The summed E-state index contributed by atoms with van der Waals surface area (Å²) in [6.07, 6.45) is 5.67. The normalized spacial score (nSPS) is 16.0. The summed E-state index contributed by atoms with van der Waals surface area (Å²) in [5.41, 5.74) is 3.08. The van der Waals surface area contributed by atoms with E-state index in [1.54, 1.807) is 30.8 Å². The van der Waals surface area contributed by atoms with Crippen LogP contribution in [0.4, 0.5) is 0 Å². The molecule has 0 radical (unpaired) electrons. The molecule has 0 amide bonds. The van der Waals surface area contributed by atoms with Crippen molar-refractivity contribution in [2.75, 3.05) is 13.1 Å². The van der Waals surface area contributed by atoms with Crippen LogP contribution in [0, 0.1) is 0 Å². The lowest BCUT2D eigenvalue weighted by molar-refractivity contribution is 0.448. The molecule has 0 spiro atoms. The predicted molar refractivity (Wildman–Crippen MR) is 92.9 cm³/mol. The molecular weight excluding hydrogens is 308 g/mol. The summed E-state index contributed by atoms with van der Waals surface area (Å²) in [5, 5.41) is 10.9. The monoisotopic (exact) mass is 326 g/mol. The summed E-state index contributed by atoms with van der Waals surface area (Å²) in [6.45, 7) is 2.03. The number of thiophene rings is 1. The second-order valence-electron chi connectivity index (χ2n) is 5.93. The lowest BCUT2D eigenvalue weighted by Gasteiger charge is -2.22. The second kappa shape index (κ2) is 5.86. The lowest BCUT2D eigenvalue weighted by atomic mass is 9.93. The molecule has 5 nitrogen and oxygen atoms in total. The quantitative estimate of drug-likeness (QED) is 0.786. The van der Waals surface area contributed by atoms with Crippen molar-refractivity contribution in [1.82, 2.24) is 20.1 Å². The van der Waals surface area contributed by atoms with Gasteiger partial charge in [0.15, 0.2) is 0 Å². The molecule has 0 saturated carbocycles. The van der Waals surface area contributed by atoms with Gasteiger partial charge in [0.05, 0.1) is 15.8 Å². The summed E-state index contributed by atoms with van der Waals surface area (Å²) >= 11 is 1.64. The number of hydrogen-bond acceptors (Lipinski definition) is 5. The number of nitrogens with one attached hydrogen (secondary N) is 1. The van der Waals surface area contributed by atoms with E-state index in [2.05, 4.69) is 20.8 Å². The molecule has 3 aromatic heterocycles. The number of pyridine rings is 1. The van der Waals surface area contributed by atoms with Crippen LogP contribution >= 0.6 is 11.3 Å². The van der Waals surface area contributed by atoms with Crippen molar-refractivity contribution in [3.8, 4) is 11.1 Å². The highest BCUT2D eigenvalue weighted by Crippen LogP contribution is 2.37. The Morgan fingerprint density at radius 1 is 1.26 bits per heavy atom. The minimum Gasteiger partial charge on any atom is -0.317 e. The van der Waals surface area contributed by atoms with Crippen LogP contribution in [0.15, 0.2) is 34.7 Å². The average Bonchev–Trinajstić information content (AvgIpc) is 3.05. The van der Waals surface area contributed by atoms with Gasteiger partial charge in [0.2, 0.25) is 0 Å². The molecule has 0 aromatic carbocycles. The van der Waals surface area contributed by atoms with Crippen LogP contribution in [0.2, 0.25) is 0 Å². The van der Waals surface area contributed by atoms with E-state index < -0.39 is 0 Å². The molecule has 0 aliphatic carbocycles. The highest BCUT2D eigenvalue weighted by Gasteiger charge is 2.23. The number of aryl methyl sites for hydroxylation is 1. The van der Waals surface area contributed by atoms with Crippen LogP contribution in [-0.4, -0.2) is 27.9 Å². The van der Waals surface area contributed by atoms with Crippen LogP contribution < -0.4 is 10.9 Å². The standard InChI is InChI=1S/C17H18N4OS/c1-21-17(22)14-13(11-2-6-18-7-3-11)10-23-16(14)15(20-21)12-4-8-19-9-5-12/h2-3,6-7,10,12,19H,4-5,8-9H2,1H3. The molecule has 23 heavy (non-hydrogen) atoms. The second-order valence-corrected chi connectivity index (χ2v) is 6.81. The topological polar surface area (TPSA) is 59.8 Å². The molecule has 0 unspecified atom stereocenters. The molecule has 1 aliphatic heterocycles. The van der Waals surface area contributed by atoms with Crippen molar-refractivity contribution >= 4 is 21.4 Å². The van der Waals surface area contributed by atoms with Crippen molar-refractivity contribution < 1.29 is 0 Å². The first-order chi connectivity index (χ1) is 11.3. The first-order valence-corrected chi connectivity index (χ1v) is 8.73. The van der Waals surface area contributed by atoms with Crippen molar-refractivity contribution in [2.45, 2.75) is 18.8 Å². The third-order valence-electron chi connectivity index (χ3n) is 4.51. The van der Waals surface area contributed by atoms with Gasteiger partial charge in [-0.05, 0) is 43.6 Å². The molecule has 1 saturated heterocycles. The van der Waals surface area contributed by atoms with Crippen molar-refractivity contribution in [1.29, 1.82) is 0 Å². The average molecular weight is 326 g/mol. The van der Waals surface area contributed by atoms with Gasteiger partial charge in [-0.15, -0.1) is 11.3 Å². The third-order valence-corrected chi connectivity index (χ3v) is 5.51. The van der Waals surface area contributed by atoms with E-state index in [4.69, 9.17) is 0 Å². The predicted octanol–water partition coefficient (Wildman–Crippen LogP) is 2.52. The van der Waals surface area contributed by atoms with E-state index >= 15 is 0 Å². The van der Waals surface area contributed by atoms with E-state index in [0.717, 1.165) is 52.8 Å². The molecule has 3 aromatic rings. The smallest absolute Gasteiger partial charge is 0.275 e. The zero-order valence-electron chi connectivity index (χ0n) is 13.0. The fraction of sp³-hybridized carbons (Fsp3) is 0.353. The van der Waals surface area contributed by atoms with Crippen molar-refractivity contribution in [2.24, 2.45) is 7.05 Å². The zero-order chi connectivity index (χ0) is 15.8. The van der Waals surface area contributed by atoms with Crippen LogP contribution in [0.1, 0.15) is 24.5 Å². The Balaban J connectivity index is 1.95. The fourth-order valence-electron chi connectivity index (χ4n) is 3.28. The number of rotatable bonds is 2. The highest BCUT2D eigenvalue weighted by atomic mass is 32.1. The van der Waals surface area contributed by atoms with Crippen LogP contribution in [0.25, 0.3) is 21.2 Å². The maximum Gasteiger partial charge on any atom is 0.275 e. The molecule has 4 rings (SSSR count). The SMILES string of the molecule is Cn1nc(C2CCNCC2)c2scc(-c3ccncc3)c2c1=O. The molecule has 1 aliphatic rings. The minimum atomic E-state index is -0.0225. The molecule has 0 bridgehead atoms. The highest BCUT2D eigenvalue weighted by molar-refractivity contribution is 7.18. The summed E-state index contributed by atoms with van der Waals surface area (Å²) in [4.78, 5) is 16.8. The maximum atomic E-state index is 12.7. The number of nitrogens with zero attached hydrogens (tertiary/aromatic N) is 3. The van der Waals surface area contributed by atoms with Gasteiger partial charge in [0, 0.05) is 36.3 Å². The van der Waals surface area contributed by atoms with Gasteiger partial charge in [0.25, 0.3) is 5.56 Å². The van der Waals surface area contributed by atoms with E-state index in [1.165, 1.54) is 4.68 Å². The summed E-state index contributed by atoms with van der Waals surface area (Å²) < 4.78 is 2.55. The minimum absolute atomic E-state index is 0.0225. The first kappa shape index (κ1) is 14.5. The van der Waals surface area contributed by atoms with E-state index in [9.17, 15) is 4.79 Å². The Bertz CT molecular complexity index is 894. The van der Waals surface area contributed by atoms with Gasteiger partial charge in [-0.3, -0.25) is 9.78 Å². The molecule has 0 atom stereocenters. The largest absolute Gasteiger partial charge is 0.317 e. The Kier molecular flexibility index (Phi) is 3.71. The van der Waals surface area contributed by atoms with Crippen LogP contribution in [0.5, 0.6) is 0 Å². The number of aromatic nitrogens is 3. The van der Waals surface area contributed by atoms with Crippen molar-refractivity contribution in [3.63, 3.8) is 0 Å². The molecule has 1 N–H and O–H groups in total. The van der Waals surface area contributed by atoms with E-state index in [1.807, 2.05) is 12.1 Å². The van der Waals surface area contributed by atoms with Gasteiger partial charge >= 0.3 is 0 Å². The number of hydrogen-bond donors (Lipinski definition) is 1. The summed E-state index contributed by atoms with van der Waals surface area (Å²) in [6, 6.07) is 3.90. The molecule has 4 heterocycles. The third kappa shape index (κ3) is 2.48. The zero-order valence-corrected chi connectivity index (χ0v) is 13.8. The van der Waals surface area contributed by atoms with Gasteiger partial charge in [0.1, 0.15) is 0 Å². The van der Waals surface area contributed by atoms with Crippen LogP contribution in [0.3, 0.4) is 0 Å². The van der Waals surface area contributed by atoms with E-state index in [0.29, 0.717) is 5.92 Å². The lowest BCUT2D eigenvalue weighted by Crippen LogP contribution is -2.29. The Morgan fingerprint density at radius 2 is 2.00 bits per heavy atom. The maximum absolute atomic E-state index is 12.7. The number of piperidine rings is 1. The van der Waals surface area contributed by atoms with Gasteiger partial charge in [-0.25, -0.2) is 4.68 Å². The molecule has 6 heteroatoms. The Morgan fingerprint density at radius 3 is 2.74 bits per heavy atom. The number of fused-ring (bicyclic) bond motifs is 1. The first-order valence-electron chi connectivity index (χ1n) is 7.85. The Labute approximate surface area is 138 Å². The summed E-state index contributed by atoms with van der Waals surface area (Å²) in [7, 11) is 1.75. The molecular formula is C17H18N4OS. The van der Waals surface area contributed by atoms with Gasteiger partial charge < -0.3 is 5.32 Å². The fourth-order valence-corrected chi connectivity index (χ4v) is 4.41. The molecule has 1 fully saturated rings. The van der Waals surface area contributed by atoms with Crippen LogP contribution in [-0.2, 0) is 7.05 Å². The molecule has 118 valence electrons. The Hall–Kier alpha value is -2.05. The summed E-state index contributed by atoms with van der Waals surface area (Å²) in [5.74, 6) is 0.425. The van der Waals surface area contributed by atoms with Gasteiger partial charge in [-0.2, -0.15) is 5.10 Å². The van der Waals surface area contributed by atoms with Gasteiger partial charge in [-0.1, -0.05) is 0 Å². The van der Waals surface area contributed by atoms with Crippen molar-refractivity contribution in [3.05, 3.63) is 46.0 Å².